The maximum Gasteiger partial charge on any atom is 0.176 e. The van der Waals surface area contributed by atoms with E-state index in [4.69, 9.17) is 5.73 Å². The van der Waals surface area contributed by atoms with Gasteiger partial charge in [0.2, 0.25) is 0 Å². The van der Waals surface area contributed by atoms with Crippen molar-refractivity contribution in [3.05, 3.63) is 34.3 Å². The first-order valence-corrected chi connectivity index (χ1v) is 4.76. The molecule has 0 amide bonds. The number of nitrogens with zero attached hydrogens (tertiary/aromatic N) is 3. The monoisotopic (exact) mass is 286 g/mol. The predicted octanol–water partition coefficient (Wildman–Crippen LogP) is 1.45. The minimum atomic E-state index is 0.627. The highest BCUT2D eigenvalue weighted by Gasteiger charge is 2.02. The van der Waals surface area contributed by atoms with E-state index in [-0.39, 0.29) is 0 Å². The lowest BCUT2D eigenvalue weighted by Gasteiger charge is -2.01. The van der Waals surface area contributed by atoms with Crippen LogP contribution in [0.15, 0.2) is 30.7 Å². The van der Waals surface area contributed by atoms with Crippen LogP contribution in [0.25, 0.3) is 5.82 Å². The Balaban J connectivity index is 2.52. The molecule has 0 aliphatic carbocycles. The Morgan fingerprint density at radius 1 is 1.46 bits per heavy atom. The molecule has 2 rings (SSSR count). The van der Waals surface area contributed by atoms with Gasteiger partial charge in [0.15, 0.2) is 5.82 Å². The Kier molecular flexibility index (Phi) is 2.17. The summed E-state index contributed by atoms with van der Waals surface area (Å²) in [5.74, 6) is 0.672. The van der Waals surface area contributed by atoms with Crippen molar-refractivity contribution in [3.63, 3.8) is 0 Å². The molecule has 0 fully saturated rings. The van der Waals surface area contributed by atoms with Gasteiger partial charge in [-0.3, -0.25) is 0 Å². The molecule has 2 aromatic rings. The first-order valence-electron chi connectivity index (χ1n) is 3.68. The summed E-state index contributed by atoms with van der Waals surface area (Å²) in [6.07, 6.45) is 5.33. The van der Waals surface area contributed by atoms with Gasteiger partial charge < -0.3 is 5.73 Å². The van der Waals surface area contributed by atoms with Crippen LogP contribution in [0.3, 0.4) is 0 Å². The molecule has 2 N–H and O–H groups in total. The molecule has 0 aliphatic heterocycles. The third kappa shape index (κ3) is 1.64. The molecule has 5 heteroatoms. The molecule has 0 saturated carbocycles. The first-order chi connectivity index (χ1) is 6.27. The summed E-state index contributed by atoms with van der Waals surface area (Å²) in [6, 6.07) is 3.60. The van der Waals surface area contributed by atoms with Gasteiger partial charge in [0.1, 0.15) is 0 Å². The molecule has 0 aliphatic rings. The lowest BCUT2D eigenvalue weighted by atomic mass is 10.4. The minimum absolute atomic E-state index is 0.627. The summed E-state index contributed by atoms with van der Waals surface area (Å²) in [5, 5.41) is 4.11. The topological polar surface area (TPSA) is 56.7 Å². The van der Waals surface area contributed by atoms with Crippen LogP contribution < -0.4 is 5.73 Å². The number of hydrogen-bond acceptors (Lipinski definition) is 3. The molecular formula is C8H7IN4. The molecule has 0 radical (unpaired) electrons. The third-order valence-electron chi connectivity index (χ3n) is 1.58. The summed E-state index contributed by atoms with van der Waals surface area (Å²) in [6.45, 7) is 0. The lowest BCUT2D eigenvalue weighted by molar-refractivity contribution is 0.850. The Labute approximate surface area is 88.9 Å². The van der Waals surface area contributed by atoms with E-state index in [2.05, 4.69) is 32.7 Å². The van der Waals surface area contributed by atoms with E-state index in [0.29, 0.717) is 11.5 Å². The van der Waals surface area contributed by atoms with Crippen molar-refractivity contribution in [2.75, 3.05) is 5.73 Å². The number of pyridine rings is 1. The van der Waals surface area contributed by atoms with E-state index in [1.165, 1.54) is 0 Å². The first kappa shape index (κ1) is 8.49. The van der Waals surface area contributed by atoms with Crippen LogP contribution in [0.4, 0.5) is 5.69 Å². The maximum absolute atomic E-state index is 5.74. The van der Waals surface area contributed by atoms with Crippen molar-refractivity contribution in [1.82, 2.24) is 14.8 Å². The van der Waals surface area contributed by atoms with Crippen LogP contribution >= 0.6 is 22.6 Å². The highest BCUT2D eigenvalue weighted by atomic mass is 127. The van der Waals surface area contributed by atoms with E-state index in [1.54, 1.807) is 29.2 Å². The smallest absolute Gasteiger partial charge is 0.176 e. The maximum atomic E-state index is 5.74. The number of anilines is 1. The van der Waals surface area contributed by atoms with E-state index >= 15 is 0 Å². The standard InChI is InChI=1S/C8H7IN4/c9-6-4-12-13(5-6)8-7(10)2-1-3-11-8/h1-5H,10H2. The van der Waals surface area contributed by atoms with Crippen molar-refractivity contribution >= 4 is 28.3 Å². The Morgan fingerprint density at radius 2 is 2.31 bits per heavy atom. The second kappa shape index (κ2) is 3.33. The average Bonchev–Trinajstić information content (AvgIpc) is 2.53. The number of halogens is 1. The zero-order valence-electron chi connectivity index (χ0n) is 6.68. The van der Waals surface area contributed by atoms with Crippen LogP contribution in [-0.2, 0) is 0 Å². The summed E-state index contributed by atoms with van der Waals surface area (Å²) in [7, 11) is 0. The minimum Gasteiger partial charge on any atom is -0.396 e. The number of nitrogen functional groups attached to an aromatic ring is 1. The molecule has 0 spiro atoms. The number of aromatic nitrogens is 3. The molecular weight excluding hydrogens is 279 g/mol. The van der Waals surface area contributed by atoms with Crippen LogP contribution in [0.2, 0.25) is 0 Å². The SMILES string of the molecule is Nc1cccnc1-n1cc(I)cn1. The molecule has 0 atom stereocenters. The van der Waals surface area contributed by atoms with E-state index < -0.39 is 0 Å². The quantitative estimate of drug-likeness (QED) is 0.807. The van der Waals surface area contributed by atoms with Gasteiger partial charge in [-0.15, -0.1) is 0 Å². The summed E-state index contributed by atoms with van der Waals surface area (Å²) >= 11 is 2.19. The highest BCUT2D eigenvalue weighted by Crippen LogP contribution is 2.13. The van der Waals surface area contributed by atoms with Crippen molar-refractivity contribution in [1.29, 1.82) is 0 Å². The Hall–Kier alpha value is -1.11. The number of nitrogens with two attached hydrogens (primary N) is 1. The van der Waals surface area contributed by atoms with Gasteiger partial charge >= 0.3 is 0 Å². The Bertz CT molecular complexity index is 424. The van der Waals surface area contributed by atoms with E-state index in [9.17, 15) is 0 Å². The van der Waals surface area contributed by atoms with Crippen LogP contribution in [0.5, 0.6) is 0 Å². The van der Waals surface area contributed by atoms with Crippen molar-refractivity contribution in [3.8, 4) is 5.82 Å². The molecule has 0 saturated heterocycles. The largest absolute Gasteiger partial charge is 0.396 e. The predicted molar refractivity (Wildman–Crippen MR) is 58.5 cm³/mol. The zero-order chi connectivity index (χ0) is 9.26. The average molecular weight is 286 g/mol. The molecule has 0 bridgehead atoms. The molecule has 2 heterocycles. The number of hydrogen-bond donors (Lipinski definition) is 1. The second-order valence-electron chi connectivity index (χ2n) is 2.52. The fourth-order valence-corrected chi connectivity index (χ4v) is 1.41. The zero-order valence-corrected chi connectivity index (χ0v) is 8.84. The molecule has 13 heavy (non-hydrogen) atoms. The van der Waals surface area contributed by atoms with Crippen molar-refractivity contribution < 1.29 is 0 Å². The van der Waals surface area contributed by atoms with Gasteiger partial charge in [0.05, 0.1) is 15.5 Å². The summed E-state index contributed by atoms with van der Waals surface area (Å²) in [4.78, 5) is 4.13. The van der Waals surface area contributed by atoms with Crippen molar-refractivity contribution in [2.24, 2.45) is 0 Å². The van der Waals surface area contributed by atoms with E-state index in [1.807, 2.05) is 6.20 Å². The summed E-state index contributed by atoms with van der Waals surface area (Å²) < 4.78 is 2.72. The molecule has 2 aromatic heterocycles. The molecule has 4 nitrogen and oxygen atoms in total. The second-order valence-corrected chi connectivity index (χ2v) is 3.76. The lowest BCUT2D eigenvalue weighted by Crippen LogP contribution is -2.02. The number of rotatable bonds is 1. The summed E-state index contributed by atoms with van der Waals surface area (Å²) in [5.41, 5.74) is 6.36. The van der Waals surface area contributed by atoms with E-state index in [0.717, 1.165) is 3.57 Å². The third-order valence-corrected chi connectivity index (χ3v) is 2.14. The molecule has 66 valence electrons. The van der Waals surface area contributed by atoms with Crippen molar-refractivity contribution in [2.45, 2.75) is 0 Å². The van der Waals surface area contributed by atoms with Crippen LogP contribution in [0.1, 0.15) is 0 Å². The molecule has 0 unspecified atom stereocenters. The fourth-order valence-electron chi connectivity index (χ4n) is 1.02. The van der Waals surface area contributed by atoms with Gasteiger partial charge in [-0.1, -0.05) is 0 Å². The molecule has 0 aromatic carbocycles. The van der Waals surface area contributed by atoms with Gasteiger partial charge in [-0.25, -0.2) is 9.67 Å². The van der Waals surface area contributed by atoms with Crippen LogP contribution in [-0.4, -0.2) is 14.8 Å². The van der Waals surface area contributed by atoms with Gasteiger partial charge in [-0.05, 0) is 34.7 Å². The fraction of sp³-hybridized carbons (Fsp3) is 0. The van der Waals surface area contributed by atoms with Gasteiger partial charge in [0.25, 0.3) is 0 Å². The van der Waals surface area contributed by atoms with Crippen LogP contribution in [0, 0.1) is 3.57 Å². The van der Waals surface area contributed by atoms with Gasteiger partial charge in [-0.2, -0.15) is 5.10 Å². The highest BCUT2D eigenvalue weighted by molar-refractivity contribution is 14.1. The normalized spacial score (nSPS) is 10.2. The Morgan fingerprint density at radius 3 is 2.92 bits per heavy atom. The van der Waals surface area contributed by atoms with Gasteiger partial charge in [0, 0.05) is 12.4 Å².